The monoisotopic (exact) mass is 298 g/mol. The zero-order valence-corrected chi connectivity index (χ0v) is 11.8. The number of thiophene rings is 1. The van der Waals surface area contributed by atoms with Crippen molar-refractivity contribution in [2.75, 3.05) is 5.32 Å². The van der Waals surface area contributed by atoms with E-state index in [1.807, 2.05) is 23.6 Å². The van der Waals surface area contributed by atoms with Crippen LogP contribution in [0.1, 0.15) is 16.1 Å². The fourth-order valence-corrected chi connectivity index (χ4v) is 2.53. The predicted molar refractivity (Wildman–Crippen MR) is 77.8 cm³/mol. The number of rotatable bonds is 3. The first-order valence-electron chi connectivity index (χ1n) is 6.02. The van der Waals surface area contributed by atoms with Crippen molar-refractivity contribution in [1.29, 1.82) is 5.26 Å². The Hall–Kier alpha value is -2.92. The summed E-state index contributed by atoms with van der Waals surface area (Å²) in [5.74, 6) is -0.0441. The van der Waals surface area contributed by atoms with Crippen molar-refractivity contribution in [2.24, 2.45) is 7.05 Å². The third kappa shape index (κ3) is 2.42. The number of aromatic nitrogens is 4. The number of nitrogens with zero attached hydrogens (tertiary/aromatic N) is 4. The molecule has 0 atom stereocenters. The Morgan fingerprint density at radius 2 is 2.43 bits per heavy atom. The van der Waals surface area contributed by atoms with Crippen molar-refractivity contribution in [1.82, 2.24) is 20.0 Å². The van der Waals surface area contributed by atoms with E-state index in [4.69, 9.17) is 5.26 Å². The highest BCUT2D eigenvalue weighted by Gasteiger charge is 2.16. The number of aromatic amines is 1. The van der Waals surface area contributed by atoms with Gasteiger partial charge in [0.1, 0.15) is 17.5 Å². The molecular formula is C13H10N6OS. The Morgan fingerprint density at radius 1 is 1.57 bits per heavy atom. The molecule has 0 aliphatic carbocycles. The van der Waals surface area contributed by atoms with Crippen molar-refractivity contribution < 1.29 is 4.79 Å². The fraction of sp³-hybridized carbons (Fsp3) is 0.0769. The van der Waals surface area contributed by atoms with Crippen LogP contribution in [0.15, 0.2) is 29.8 Å². The van der Waals surface area contributed by atoms with Crippen LogP contribution in [0.4, 0.5) is 5.82 Å². The zero-order chi connectivity index (χ0) is 14.8. The zero-order valence-electron chi connectivity index (χ0n) is 11.0. The van der Waals surface area contributed by atoms with Gasteiger partial charge in [-0.05, 0) is 17.5 Å². The molecule has 0 aliphatic heterocycles. The van der Waals surface area contributed by atoms with Gasteiger partial charge in [0.15, 0.2) is 5.69 Å². The second kappa shape index (κ2) is 5.22. The smallest absolute Gasteiger partial charge is 0.277 e. The molecule has 3 aromatic heterocycles. The van der Waals surface area contributed by atoms with Crippen molar-refractivity contribution in [3.8, 4) is 16.6 Å². The fourth-order valence-electron chi connectivity index (χ4n) is 1.84. The van der Waals surface area contributed by atoms with Crippen LogP contribution < -0.4 is 5.32 Å². The minimum atomic E-state index is -0.394. The number of anilines is 1. The van der Waals surface area contributed by atoms with Gasteiger partial charge in [-0.25, -0.2) is 0 Å². The van der Waals surface area contributed by atoms with Gasteiger partial charge in [0.25, 0.3) is 5.91 Å². The lowest BCUT2D eigenvalue weighted by Crippen LogP contribution is -2.15. The van der Waals surface area contributed by atoms with Crippen molar-refractivity contribution in [2.45, 2.75) is 0 Å². The molecule has 0 aromatic carbocycles. The van der Waals surface area contributed by atoms with E-state index < -0.39 is 5.91 Å². The minimum absolute atomic E-state index is 0.253. The normalized spacial score (nSPS) is 10.3. The quantitative estimate of drug-likeness (QED) is 0.772. The van der Waals surface area contributed by atoms with Gasteiger partial charge in [-0.15, -0.1) is 11.3 Å². The standard InChI is InChI=1S/C13H10N6OS/c1-19-12(8(6-14)7-15-19)16-13(20)10-5-9(17-18-10)11-3-2-4-21-11/h2-5,7H,1H3,(H,16,20)(H,17,18). The first-order valence-corrected chi connectivity index (χ1v) is 6.89. The Bertz CT molecular complexity index is 823. The van der Waals surface area contributed by atoms with Gasteiger partial charge in [0, 0.05) is 7.05 Å². The lowest BCUT2D eigenvalue weighted by atomic mass is 10.3. The molecular weight excluding hydrogens is 288 g/mol. The van der Waals surface area contributed by atoms with Crippen LogP contribution in [0.2, 0.25) is 0 Å². The summed E-state index contributed by atoms with van der Waals surface area (Å²) in [6.45, 7) is 0. The highest BCUT2D eigenvalue weighted by Crippen LogP contribution is 2.23. The highest BCUT2D eigenvalue weighted by molar-refractivity contribution is 7.13. The molecule has 1 amide bonds. The number of hydrogen-bond acceptors (Lipinski definition) is 5. The minimum Gasteiger partial charge on any atom is -0.304 e. The largest absolute Gasteiger partial charge is 0.304 e. The average Bonchev–Trinajstić information content (AvgIpc) is 3.19. The molecule has 3 heterocycles. The van der Waals surface area contributed by atoms with Gasteiger partial charge in [-0.3, -0.25) is 14.6 Å². The van der Waals surface area contributed by atoms with E-state index in [0.717, 1.165) is 10.6 Å². The molecule has 0 spiro atoms. The summed E-state index contributed by atoms with van der Waals surface area (Å²) in [4.78, 5) is 13.2. The van der Waals surface area contributed by atoms with Crippen molar-refractivity contribution >= 4 is 23.1 Å². The third-order valence-corrected chi connectivity index (χ3v) is 3.79. The molecule has 0 unspecified atom stereocenters. The molecule has 0 saturated heterocycles. The molecule has 0 aliphatic rings. The number of amides is 1. The molecule has 7 nitrogen and oxygen atoms in total. The average molecular weight is 298 g/mol. The van der Waals surface area contributed by atoms with E-state index in [9.17, 15) is 4.79 Å². The van der Waals surface area contributed by atoms with E-state index in [0.29, 0.717) is 11.4 Å². The molecule has 0 fully saturated rings. The van der Waals surface area contributed by atoms with Gasteiger partial charge < -0.3 is 5.32 Å². The summed E-state index contributed by atoms with van der Waals surface area (Å²) in [7, 11) is 1.65. The van der Waals surface area contributed by atoms with Gasteiger partial charge in [0.2, 0.25) is 0 Å². The van der Waals surface area contributed by atoms with Crippen molar-refractivity contribution in [3.63, 3.8) is 0 Å². The van der Waals surface area contributed by atoms with Crippen LogP contribution in [0.25, 0.3) is 10.6 Å². The first-order chi connectivity index (χ1) is 10.2. The van der Waals surface area contributed by atoms with Gasteiger partial charge in [0.05, 0.1) is 16.8 Å². The maximum atomic E-state index is 12.2. The van der Waals surface area contributed by atoms with E-state index in [1.165, 1.54) is 10.9 Å². The van der Waals surface area contributed by atoms with E-state index in [2.05, 4.69) is 20.6 Å². The summed E-state index contributed by atoms with van der Waals surface area (Å²) in [6.07, 6.45) is 1.40. The molecule has 3 rings (SSSR count). The van der Waals surface area contributed by atoms with Crippen LogP contribution in [0, 0.1) is 11.3 Å². The van der Waals surface area contributed by atoms with E-state index >= 15 is 0 Å². The van der Waals surface area contributed by atoms with Gasteiger partial charge in [-0.1, -0.05) is 6.07 Å². The molecule has 8 heteroatoms. The Balaban J connectivity index is 1.83. The highest BCUT2D eigenvalue weighted by atomic mass is 32.1. The molecule has 0 bridgehead atoms. The number of nitrogens with one attached hydrogen (secondary N) is 2. The van der Waals surface area contributed by atoms with Gasteiger partial charge in [-0.2, -0.15) is 15.5 Å². The topological polar surface area (TPSA) is 99.4 Å². The van der Waals surface area contributed by atoms with Gasteiger partial charge >= 0.3 is 0 Å². The summed E-state index contributed by atoms with van der Waals surface area (Å²) < 4.78 is 1.43. The summed E-state index contributed by atoms with van der Waals surface area (Å²) in [5.41, 5.74) is 1.34. The number of hydrogen-bond donors (Lipinski definition) is 2. The number of carbonyl (C=O) groups excluding carboxylic acids is 1. The SMILES string of the molecule is Cn1ncc(C#N)c1NC(=O)c1cc(-c2cccs2)[nH]n1. The molecule has 21 heavy (non-hydrogen) atoms. The van der Waals surface area contributed by atoms with Crippen LogP contribution in [0.5, 0.6) is 0 Å². The van der Waals surface area contributed by atoms with Crippen LogP contribution in [-0.2, 0) is 7.05 Å². The molecule has 2 N–H and O–H groups in total. The Kier molecular flexibility index (Phi) is 3.25. The molecule has 3 aromatic rings. The summed E-state index contributed by atoms with van der Waals surface area (Å²) in [5, 5.41) is 24.3. The lowest BCUT2D eigenvalue weighted by molar-refractivity contribution is 0.102. The lowest BCUT2D eigenvalue weighted by Gasteiger charge is -2.03. The van der Waals surface area contributed by atoms with Crippen LogP contribution in [-0.4, -0.2) is 25.9 Å². The maximum absolute atomic E-state index is 12.2. The van der Waals surface area contributed by atoms with E-state index in [-0.39, 0.29) is 5.69 Å². The number of aryl methyl sites for hydroxylation is 1. The Morgan fingerprint density at radius 3 is 3.14 bits per heavy atom. The van der Waals surface area contributed by atoms with E-state index in [1.54, 1.807) is 24.5 Å². The predicted octanol–water partition coefficient (Wildman–Crippen LogP) is 2.00. The number of carbonyl (C=O) groups is 1. The van der Waals surface area contributed by atoms with Crippen LogP contribution in [0.3, 0.4) is 0 Å². The number of H-pyrrole nitrogens is 1. The third-order valence-electron chi connectivity index (χ3n) is 2.89. The summed E-state index contributed by atoms with van der Waals surface area (Å²) >= 11 is 1.55. The second-order valence-corrected chi connectivity index (χ2v) is 5.19. The van der Waals surface area contributed by atoms with Crippen LogP contribution >= 0.6 is 11.3 Å². The second-order valence-electron chi connectivity index (χ2n) is 4.24. The Labute approximate surface area is 123 Å². The number of nitriles is 1. The molecule has 0 saturated carbocycles. The molecule has 0 radical (unpaired) electrons. The maximum Gasteiger partial charge on any atom is 0.277 e. The summed E-state index contributed by atoms with van der Waals surface area (Å²) in [6, 6.07) is 7.51. The first kappa shape index (κ1) is 13.1. The van der Waals surface area contributed by atoms with Crippen molar-refractivity contribution in [3.05, 3.63) is 41.0 Å². The molecule has 104 valence electrons.